The van der Waals surface area contributed by atoms with E-state index in [1.807, 2.05) is 12.1 Å². The van der Waals surface area contributed by atoms with Crippen LogP contribution in [0.1, 0.15) is 11.1 Å². The molecule has 2 N–H and O–H groups in total. The largest absolute Gasteiger partial charge is 0.366 e. The van der Waals surface area contributed by atoms with Gasteiger partial charge in [-0.05, 0) is 35.4 Å². The molecular formula is C15H15ClF2N2. The minimum absolute atomic E-state index is 0.0582. The second kappa shape index (κ2) is 6.20. The first-order chi connectivity index (χ1) is 9.51. The quantitative estimate of drug-likeness (QED) is 0.932. The van der Waals surface area contributed by atoms with Crippen molar-refractivity contribution in [3.63, 3.8) is 0 Å². The zero-order valence-corrected chi connectivity index (χ0v) is 11.8. The van der Waals surface area contributed by atoms with Crippen molar-refractivity contribution < 1.29 is 8.78 Å². The monoisotopic (exact) mass is 296 g/mol. The van der Waals surface area contributed by atoms with E-state index in [0.29, 0.717) is 17.1 Å². The predicted molar refractivity (Wildman–Crippen MR) is 77.8 cm³/mol. The molecule has 0 amide bonds. The molecule has 5 heteroatoms. The lowest BCUT2D eigenvalue weighted by atomic mass is 10.1. The van der Waals surface area contributed by atoms with Gasteiger partial charge in [-0.1, -0.05) is 23.7 Å². The molecule has 0 spiro atoms. The van der Waals surface area contributed by atoms with Crippen molar-refractivity contribution in [2.45, 2.75) is 13.1 Å². The Morgan fingerprint density at radius 3 is 2.10 bits per heavy atom. The number of hydrogen-bond acceptors (Lipinski definition) is 2. The topological polar surface area (TPSA) is 29.3 Å². The summed E-state index contributed by atoms with van der Waals surface area (Å²) in [6, 6.07) is 9.66. The van der Waals surface area contributed by atoms with Crippen LogP contribution in [0, 0.1) is 11.6 Å². The van der Waals surface area contributed by atoms with Crippen molar-refractivity contribution in [1.82, 2.24) is 0 Å². The lowest BCUT2D eigenvalue weighted by Crippen LogP contribution is -2.19. The highest BCUT2D eigenvalue weighted by Gasteiger charge is 2.15. The van der Waals surface area contributed by atoms with E-state index in [1.54, 1.807) is 19.2 Å². The molecule has 0 radical (unpaired) electrons. The van der Waals surface area contributed by atoms with Crippen molar-refractivity contribution in [3.05, 3.63) is 64.2 Å². The first-order valence-electron chi connectivity index (χ1n) is 6.15. The van der Waals surface area contributed by atoms with E-state index in [-0.39, 0.29) is 12.2 Å². The average molecular weight is 297 g/mol. The summed E-state index contributed by atoms with van der Waals surface area (Å²) in [5.74, 6) is -1.22. The van der Waals surface area contributed by atoms with Gasteiger partial charge in [-0.3, -0.25) is 0 Å². The van der Waals surface area contributed by atoms with E-state index in [4.69, 9.17) is 17.3 Å². The molecule has 2 nitrogen and oxygen atoms in total. The van der Waals surface area contributed by atoms with Crippen LogP contribution in [0.2, 0.25) is 5.02 Å². The molecule has 0 aliphatic carbocycles. The van der Waals surface area contributed by atoms with E-state index in [2.05, 4.69) is 0 Å². The van der Waals surface area contributed by atoms with Gasteiger partial charge in [-0.2, -0.15) is 0 Å². The van der Waals surface area contributed by atoms with Crippen LogP contribution in [0.4, 0.5) is 14.5 Å². The molecule has 0 unspecified atom stereocenters. The van der Waals surface area contributed by atoms with Gasteiger partial charge in [0.25, 0.3) is 0 Å². The van der Waals surface area contributed by atoms with Crippen LogP contribution in [0.5, 0.6) is 0 Å². The number of halogens is 3. The van der Waals surface area contributed by atoms with Crippen LogP contribution < -0.4 is 10.6 Å². The van der Waals surface area contributed by atoms with Gasteiger partial charge in [-0.15, -0.1) is 0 Å². The molecule has 2 rings (SSSR count). The Balaban J connectivity index is 2.25. The SMILES string of the molecule is CN(Cc1ccc(Cl)cc1)c1c(F)cc(CN)cc1F. The molecule has 2 aromatic carbocycles. The molecule has 0 saturated heterocycles. The van der Waals surface area contributed by atoms with E-state index in [1.165, 1.54) is 17.0 Å². The molecular weight excluding hydrogens is 282 g/mol. The Labute approximate surface area is 121 Å². The lowest BCUT2D eigenvalue weighted by Gasteiger charge is -2.21. The van der Waals surface area contributed by atoms with E-state index in [9.17, 15) is 8.78 Å². The Hall–Kier alpha value is -1.65. The van der Waals surface area contributed by atoms with E-state index < -0.39 is 11.6 Å². The summed E-state index contributed by atoms with van der Waals surface area (Å²) >= 11 is 5.80. The zero-order chi connectivity index (χ0) is 14.7. The van der Waals surface area contributed by atoms with Gasteiger partial charge in [0.1, 0.15) is 17.3 Å². The van der Waals surface area contributed by atoms with Gasteiger partial charge < -0.3 is 10.6 Å². The van der Waals surface area contributed by atoms with Crippen molar-refractivity contribution in [1.29, 1.82) is 0 Å². The van der Waals surface area contributed by atoms with Gasteiger partial charge >= 0.3 is 0 Å². The molecule has 0 atom stereocenters. The molecule has 2 aromatic rings. The number of nitrogens with two attached hydrogens (primary N) is 1. The maximum Gasteiger partial charge on any atom is 0.149 e. The number of nitrogens with zero attached hydrogens (tertiary/aromatic N) is 1. The van der Waals surface area contributed by atoms with Crippen LogP contribution >= 0.6 is 11.6 Å². The van der Waals surface area contributed by atoms with Crippen molar-refractivity contribution in [3.8, 4) is 0 Å². The summed E-state index contributed by atoms with van der Waals surface area (Å²) in [6.45, 7) is 0.488. The van der Waals surface area contributed by atoms with Crippen LogP contribution in [-0.2, 0) is 13.1 Å². The Bertz CT molecular complexity index is 576. The van der Waals surface area contributed by atoms with Gasteiger partial charge in [0.05, 0.1) is 0 Å². The second-order valence-corrected chi connectivity index (χ2v) is 5.03. The molecule has 0 aliphatic rings. The highest BCUT2D eigenvalue weighted by atomic mass is 35.5. The van der Waals surface area contributed by atoms with E-state index >= 15 is 0 Å². The molecule has 0 saturated carbocycles. The van der Waals surface area contributed by atoms with Crippen molar-refractivity contribution >= 4 is 17.3 Å². The van der Waals surface area contributed by atoms with Crippen LogP contribution in [-0.4, -0.2) is 7.05 Å². The smallest absolute Gasteiger partial charge is 0.149 e. The molecule has 20 heavy (non-hydrogen) atoms. The van der Waals surface area contributed by atoms with Gasteiger partial charge in [-0.25, -0.2) is 8.78 Å². The first kappa shape index (κ1) is 14.8. The number of rotatable bonds is 4. The second-order valence-electron chi connectivity index (χ2n) is 4.59. The maximum absolute atomic E-state index is 14.0. The summed E-state index contributed by atoms with van der Waals surface area (Å²) < 4.78 is 27.9. The van der Waals surface area contributed by atoms with E-state index in [0.717, 1.165) is 5.56 Å². The molecule has 0 fully saturated rings. The summed E-state index contributed by atoms with van der Waals surface area (Å²) in [4.78, 5) is 1.52. The standard InChI is InChI=1S/C15H15ClF2N2/c1-20(9-10-2-4-12(16)5-3-10)15-13(17)6-11(8-19)7-14(15)18/h2-7H,8-9,19H2,1H3. The van der Waals surface area contributed by atoms with Crippen LogP contribution in [0.15, 0.2) is 36.4 Å². The van der Waals surface area contributed by atoms with Gasteiger partial charge in [0, 0.05) is 25.2 Å². The zero-order valence-electron chi connectivity index (χ0n) is 11.0. The molecule has 0 heterocycles. The lowest BCUT2D eigenvalue weighted by molar-refractivity contribution is 0.573. The van der Waals surface area contributed by atoms with Gasteiger partial charge in [0.2, 0.25) is 0 Å². The minimum Gasteiger partial charge on any atom is -0.366 e. The third-order valence-electron chi connectivity index (χ3n) is 3.03. The van der Waals surface area contributed by atoms with Crippen molar-refractivity contribution in [2.75, 3.05) is 11.9 Å². The Morgan fingerprint density at radius 1 is 1.05 bits per heavy atom. The number of anilines is 1. The normalized spacial score (nSPS) is 10.7. The summed E-state index contributed by atoms with van der Waals surface area (Å²) in [5.41, 5.74) is 6.68. The number of hydrogen-bond donors (Lipinski definition) is 1. The Morgan fingerprint density at radius 2 is 1.60 bits per heavy atom. The summed E-state index contributed by atoms with van der Waals surface area (Å²) in [6.07, 6.45) is 0. The summed E-state index contributed by atoms with van der Waals surface area (Å²) in [7, 11) is 1.64. The molecule has 0 bridgehead atoms. The van der Waals surface area contributed by atoms with Crippen LogP contribution in [0.25, 0.3) is 0 Å². The average Bonchev–Trinajstić information content (AvgIpc) is 2.40. The van der Waals surface area contributed by atoms with Gasteiger partial charge in [0.15, 0.2) is 0 Å². The number of benzene rings is 2. The molecule has 0 aliphatic heterocycles. The Kier molecular flexibility index (Phi) is 4.57. The third kappa shape index (κ3) is 3.26. The highest BCUT2D eigenvalue weighted by molar-refractivity contribution is 6.30. The molecule has 0 aromatic heterocycles. The summed E-state index contributed by atoms with van der Waals surface area (Å²) in [5, 5.41) is 0.626. The maximum atomic E-state index is 14.0. The van der Waals surface area contributed by atoms with Crippen LogP contribution in [0.3, 0.4) is 0 Å². The third-order valence-corrected chi connectivity index (χ3v) is 3.28. The molecule has 106 valence electrons. The van der Waals surface area contributed by atoms with Crippen molar-refractivity contribution in [2.24, 2.45) is 5.73 Å². The highest BCUT2D eigenvalue weighted by Crippen LogP contribution is 2.25. The predicted octanol–water partition coefficient (Wildman–Crippen LogP) is 3.71. The fourth-order valence-electron chi connectivity index (χ4n) is 2.04. The fraction of sp³-hybridized carbons (Fsp3) is 0.200. The first-order valence-corrected chi connectivity index (χ1v) is 6.52. The minimum atomic E-state index is -0.609. The fourth-order valence-corrected chi connectivity index (χ4v) is 2.17.